The summed E-state index contributed by atoms with van der Waals surface area (Å²) in [6.07, 6.45) is 7.34. The number of carbonyl (C=O) groups is 4. The van der Waals surface area contributed by atoms with Crippen LogP contribution >= 0.6 is 0 Å². The Labute approximate surface area is 272 Å². The number of likely N-dealkylation sites (tertiary alicyclic amines) is 1. The van der Waals surface area contributed by atoms with Gasteiger partial charge in [-0.25, -0.2) is 0 Å². The predicted octanol–water partition coefficient (Wildman–Crippen LogP) is 3.97. The molecule has 11 nitrogen and oxygen atoms in total. The van der Waals surface area contributed by atoms with Gasteiger partial charge in [-0.3, -0.25) is 29.0 Å². The molecular formula is C35H54N2O9. The van der Waals surface area contributed by atoms with Crippen molar-refractivity contribution in [3.05, 3.63) is 0 Å². The zero-order chi connectivity index (χ0) is 33.1. The number of fused-ring (bicyclic) bond motifs is 5. The smallest absolute Gasteiger partial charge is 0.307 e. The number of aliphatic carboxylic acids is 2. The quantitative estimate of drug-likeness (QED) is 0.370. The second-order valence-electron chi connectivity index (χ2n) is 16.0. The molecule has 6 rings (SSSR count). The number of nitrogens with zero attached hydrogens (tertiary/aromatic N) is 2. The van der Waals surface area contributed by atoms with Crippen molar-refractivity contribution in [2.45, 2.75) is 122 Å². The lowest BCUT2D eigenvalue weighted by Gasteiger charge is -2.65. The number of carboxylic acid groups (broad SMARTS) is 2. The number of hydrogen-bond donors (Lipinski definition) is 2. The van der Waals surface area contributed by atoms with Crippen LogP contribution < -0.4 is 0 Å². The molecule has 2 N–H and O–H groups in total. The molecule has 0 aromatic carbocycles. The van der Waals surface area contributed by atoms with Crippen molar-refractivity contribution in [2.75, 3.05) is 39.4 Å². The predicted molar refractivity (Wildman–Crippen MR) is 167 cm³/mol. The molecule has 0 aromatic rings. The summed E-state index contributed by atoms with van der Waals surface area (Å²) < 4.78 is 18.1. The zero-order valence-corrected chi connectivity index (χ0v) is 28.1. The second kappa shape index (κ2) is 12.3. The van der Waals surface area contributed by atoms with Gasteiger partial charge in [-0.15, -0.1) is 0 Å². The SMILES string of the molecule is CC(=O)OC1(CC(=O)O)CC2CC[C@@H]3[C@@H](CC[C@@]4(C)[C@H]3CC(N3CCCC3)C4(CC(=O)O)OC(C)=O)[C@@]2(C)CC1N1CCOCC1. The zero-order valence-electron chi connectivity index (χ0n) is 28.1. The van der Waals surface area contributed by atoms with E-state index in [1.54, 1.807) is 0 Å². The molecule has 4 aliphatic carbocycles. The average molecular weight is 647 g/mol. The molecule has 0 spiro atoms. The molecule has 0 bridgehead atoms. The van der Waals surface area contributed by atoms with E-state index >= 15 is 0 Å². The molecular weight excluding hydrogens is 592 g/mol. The molecule has 258 valence electrons. The highest BCUT2D eigenvalue weighted by atomic mass is 16.6. The second-order valence-corrected chi connectivity index (χ2v) is 16.0. The Kier molecular flexibility index (Phi) is 9.02. The Bertz CT molecular complexity index is 1180. The van der Waals surface area contributed by atoms with Gasteiger partial charge < -0.3 is 24.4 Å². The van der Waals surface area contributed by atoms with Crippen molar-refractivity contribution in [1.29, 1.82) is 0 Å². The fourth-order valence-electron chi connectivity index (χ4n) is 12.2. The number of carboxylic acids is 2. The van der Waals surface area contributed by atoms with Crippen molar-refractivity contribution < 1.29 is 43.6 Å². The number of hydrogen-bond acceptors (Lipinski definition) is 9. The van der Waals surface area contributed by atoms with E-state index in [1.165, 1.54) is 13.8 Å². The summed E-state index contributed by atoms with van der Waals surface area (Å²) in [6, 6.07) is -0.369. The minimum Gasteiger partial charge on any atom is -0.481 e. The summed E-state index contributed by atoms with van der Waals surface area (Å²) in [6.45, 7) is 11.7. The van der Waals surface area contributed by atoms with Gasteiger partial charge in [-0.1, -0.05) is 13.8 Å². The van der Waals surface area contributed by atoms with Crippen molar-refractivity contribution in [1.82, 2.24) is 9.80 Å². The summed E-state index contributed by atoms with van der Waals surface area (Å²) in [5.41, 5.74) is -2.78. The number of rotatable bonds is 8. The maximum atomic E-state index is 12.8. The summed E-state index contributed by atoms with van der Waals surface area (Å²) in [5, 5.41) is 20.4. The largest absolute Gasteiger partial charge is 0.481 e. The molecule has 5 unspecified atom stereocenters. The molecule has 6 aliphatic rings. The van der Waals surface area contributed by atoms with Crippen molar-refractivity contribution in [3.8, 4) is 0 Å². The first-order valence-corrected chi connectivity index (χ1v) is 17.6. The first-order valence-electron chi connectivity index (χ1n) is 17.6. The van der Waals surface area contributed by atoms with E-state index in [0.717, 1.165) is 64.5 Å². The van der Waals surface area contributed by atoms with Crippen molar-refractivity contribution in [2.24, 2.45) is 34.5 Å². The fraction of sp³-hybridized carbons (Fsp3) is 0.886. The van der Waals surface area contributed by atoms with Crippen LogP contribution in [-0.4, -0.2) is 107 Å². The highest BCUT2D eigenvalue weighted by Gasteiger charge is 2.72. The summed E-state index contributed by atoms with van der Waals surface area (Å²) in [7, 11) is 0. The molecule has 0 radical (unpaired) electrons. The Balaban J connectivity index is 1.38. The van der Waals surface area contributed by atoms with Gasteiger partial charge >= 0.3 is 23.9 Å². The number of morpholine rings is 1. The van der Waals surface area contributed by atoms with Crippen LogP contribution in [0.15, 0.2) is 0 Å². The highest BCUT2D eigenvalue weighted by molar-refractivity contribution is 5.72. The van der Waals surface area contributed by atoms with Gasteiger partial charge in [0.1, 0.15) is 11.2 Å². The maximum absolute atomic E-state index is 12.8. The number of ether oxygens (including phenoxy) is 3. The van der Waals surface area contributed by atoms with Gasteiger partial charge in [0.15, 0.2) is 0 Å². The molecule has 11 heteroatoms. The lowest BCUT2D eigenvalue weighted by atomic mass is 9.42. The van der Waals surface area contributed by atoms with Crippen LogP contribution in [-0.2, 0) is 33.4 Å². The Morgan fingerprint density at radius 1 is 0.783 bits per heavy atom. The first-order chi connectivity index (χ1) is 21.7. The van der Waals surface area contributed by atoms with Crippen molar-refractivity contribution in [3.63, 3.8) is 0 Å². The molecule has 2 saturated heterocycles. The third-order valence-corrected chi connectivity index (χ3v) is 13.9. The van der Waals surface area contributed by atoms with Gasteiger partial charge in [0.25, 0.3) is 0 Å². The van der Waals surface area contributed by atoms with Gasteiger partial charge in [0, 0.05) is 32.4 Å². The Hall–Kier alpha value is -2.24. The van der Waals surface area contributed by atoms with Gasteiger partial charge in [0.05, 0.1) is 38.1 Å². The molecule has 0 aromatic heterocycles. The highest BCUT2D eigenvalue weighted by Crippen LogP contribution is 2.71. The van der Waals surface area contributed by atoms with Crippen LogP contribution in [0.4, 0.5) is 0 Å². The van der Waals surface area contributed by atoms with Crippen LogP contribution in [0.25, 0.3) is 0 Å². The number of esters is 2. The van der Waals surface area contributed by atoms with Gasteiger partial charge in [-0.2, -0.15) is 0 Å². The number of carbonyl (C=O) groups excluding carboxylic acids is 2. The fourth-order valence-corrected chi connectivity index (χ4v) is 12.2. The summed E-state index contributed by atoms with van der Waals surface area (Å²) in [4.78, 5) is 54.9. The monoisotopic (exact) mass is 646 g/mol. The minimum atomic E-state index is -1.10. The van der Waals surface area contributed by atoms with Gasteiger partial charge in [-0.05, 0) is 100.0 Å². The molecule has 6 fully saturated rings. The van der Waals surface area contributed by atoms with Gasteiger partial charge in [0.2, 0.25) is 0 Å². The van der Waals surface area contributed by atoms with Crippen LogP contribution in [0.1, 0.15) is 98.3 Å². The van der Waals surface area contributed by atoms with E-state index in [2.05, 4.69) is 23.6 Å². The lowest BCUT2D eigenvalue weighted by molar-refractivity contribution is -0.220. The van der Waals surface area contributed by atoms with E-state index in [1.807, 2.05) is 0 Å². The standard InChI is InChI=1S/C35H54N2O9/c1-22(38)45-34(20-30(40)41)18-24-7-8-25-26(32(24,3)19-29(34)37-13-15-44-16-14-37)9-10-33(4)27(25)17-28(36-11-5-6-12-36)35(33,21-31(42)43)46-23(2)39/h24-29H,5-21H2,1-4H3,(H,40,41)(H,42,43)/t24?,25-,26-,27+,28?,29?,32+,33+,34?,35?/m1/s1. The molecule has 4 saturated carbocycles. The van der Waals surface area contributed by atoms with E-state index < -0.39 is 40.5 Å². The van der Waals surface area contributed by atoms with Crippen LogP contribution in [0.5, 0.6) is 0 Å². The Morgan fingerprint density at radius 3 is 2.02 bits per heavy atom. The van der Waals surface area contributed by atoms with Crippen LogP contribution in [0.3, 0.4) is 0 Å². The molecule has 2 heterocycles. The lowest BCUT2D eigenvalue weighted by Crippen LogP contribution is -2.67. The van der Waals surface area contributed by atoms with Crippen LogP contribution in [0.2, 0.25) is 0 Å². The topological polar surface area (TPSA) is 143 Å². The van der Waals surface area contributed by atoms with Crippen molar-refractivity contribution >= 4 is 23.9 Å². The maximum Gasteiger partial charge on any atom is 0.307 e. The van der Waals surface area contributed by atoms with E-state index in [-0.39, 0.29) is 42.2 Å². The van der Waals surface area contributed by atoms with E-state index in [0.29, 0.717) is 44.6 Å². The first kappa shape index (κ1) is 33.7. The molecule has 10 atom stereocenters. The minimum absolute atomic E-state index is 0.113. The third kappa shape index (κ3) is 5.46. The third-order valence-electron chi connectivity index (χ3n) is 13.9. The average Bonchev–Trinajstić information content (AvgIpc) is 3.57. The Morgan fingerprint density at radius 2 is 1.41 bits per heavy atom. The van der Waals surface area contributed by atoms with E-state index in [4.69, 9.17) is 14.2 Å². The molecule has 46 heavy (non-hydrogen) atoms. The molecule has 0 amide bonds. The van der Waals surface area contributed by atoms with E-state index in [9.17, 15) is 29.4 Å². The van der Waals surface area contributed by atoms with Crippen LogP contribution in [0, 0.1) is 34.5 Å². The summed E-state index contributed by atoms with van der Waals surface area (Å²) >= 11 is 0. The molecule has 2 aliphatic heterocycles. The normalized spacial score (nSPS) is 44.4. The summed E-state index contributed by atoms with van der Waals surface area (Å²) in [5.74, 6) is -1.64.